The first-order valence-corrected chi connectivity index (χ1v) is 12.1. The number of carbonyl (C=O) groups excluding carboxylic acids is 2. The second-order valence-corrected chi connectivity index (χ2v) is 9.70. The third-order valence-electron chi connectivity index (χ3n) is 7.38. The molecule has 1 saturated heterocycles. The van der Waals surface area contributed by atoms with Gasteiger partial charge in [0, 0.05) is 51.3 Å². The molecule has 7 heteroatoms. The van der Waals surface area contributed by atoms with Crippen LogP contribution in [0.4, 0.5) is 0 Å². The monoisotopic (exact) mass is 464 g/mol. The van der Waals surface area contributed by atoms with Gasteiger partial charge in [-0.1, -0.05) is 18.2 Å². The largest absolute Gasteiger partial charge is 0.459 e. The normalized spacial score (nSPS) is 21.6. The zero-order valence-electron chi connectivity index (χ0n) is 19.9. The molecule has 2 aromatic rings. The van der Waals surface area contributed by atoms with Crippen molar-refractivity contribution in [2.45, 2.75) is 45.5 Å². The fraction of sp³-hybridized carbons (Fsp3) is 0.481. The van der Waals surface area contributed by atoms with Gasteiger partial charge in [0.05, 0.1) is 17.2 Å². The van der Waals surface area contributed by atoms with Gasteiger partial charge in [0.15, 0.2) is 0 Å². The Kier molecular flexibility index (Phi) is 6.42. The molecule has 2 atom stereocenters. The van der Waals surface area contributed by atoms with Crippen molar-refractivity contribution >= 4 is 11.9 Å². The average Bonchev–Trinajstić information content (AvgIpc) is 3.20. The predicted molar refractivity (Wildman–Crippen MR) is 127 cm³/mol. The first kappa shape index (κ1) is 23.0. The molecule has 180 valence electrons. The molecule has 0 bridgehead atoms. The third kappa shape index (κ3) is 4.60. The fourth-order valence-electron chi connectivity index (χ4n) is 5.32. The molecule has 1 fully saturated rings. The SMILES string of the molecule is Cc1c(C(O)CN2CCN(CCc3ccc4c(c3)C[C@@H](C)OC4=O)CC2)ccc2c1COC2=O. The number of piperazine rings is 1. The van der Waals surface area contributed by atoms with E-state index in [1.807, 2.05) is 32.0 Å². The van der Waals surface area contributed by atoms with Crippen LogP contribution in [0.5, 0.6) is 0 Å². The average molecular weight is 465 g/mol. The van der Waals surface area contributed by atoms with E-state index in [4.69, 9.17) is 9.47 Å². The molecule has 3 aliphatic heterocycles. The van der Waals surface area contributed by atoms with Gasteiger partial charge >= 0.3 is 11.9 Å². The fourth-order valence-corrected chi connectivity index (χ4v) is 5.32. The lowest BCUT2D eigenvalue weighted by Gasteiger charge is -2.36. The van der Waals surface area contributed by atoms with Gasteiger partial charge in [-0.3, -0.25) is 4.90 Å². The molecule has 3 heterocycles. The summed E-state index contributed by atoms with van der Waals surface area (Å²) in [6.07, 6.45) is 1.09. The van der Waals surface area contributed by atoms with Gasteiger partial charge in [0.2, 0.25) is 0 Å². The minimum absolute atomic E-state index is 0.0601. The van der Waals surface area contributed by atoms with Crippen LogP contribution in [0, 0.1) is 6.92 Å². The molecule has 0 aliphatic carbocycles. The quantitative estimate of drug-likeness (QED) is 0.659. The number of cyclic esters (lactones) is 2. The van der Waals surface area contributed by atoms with Gasteiger partial charge in [0.1, 0.15) is 12.7 Å². The molecule has 5 rings (SSSR count). The van der Waals surface area contributed by atoms with Crippen LogP contribution in [0.25, 0.3) is 0 Å². The Morgan fingerprint density at radius 3 is 2.56 bits per heavy atom. The summed E-state index contributed by atoms with van der Waals surface area (Å²) in [5, 5.41) is 10.9. The molecule has 1 unspecified atom stereocenters. The summed E-state index contributed by atoms with van der Waals surface area (Å²) in [7, 11) is 0. The highest BCUT2D eigenvalue weighted by atomic mass is 16.5. The Bertz CT molecular complexity index is 1110. The van der Waals surface area contributed by atoms with E-state index in [0.717, 1.165) is 67.8 Å². The second-order valence-electron chi connectivity index (χ2n) is 9.70. The van der Waals surface area contributed by atoms with E-state index < -0.39 is 6.10 Å². The summed E-state index contributed by atoms with van der Waals surface area (Å²) >= 11 is 0. The lowest BCUT2D eigenvalue weighted by Crippen LogP contribution is -2.48. The van der Waals surface area contributed by atoms with Gasteiger partial charge < -0.3 is 19.5 Å². The Hall–Kier alpha value is -2.74. The van der Waals surface area contributed by atoms with Crippen LogP contribution in [0.2, 0.25) is 0 Å². The molecule has 0 saturated carbocycles. The van der Waals surface area contributed by atoms with Crippen molar-refractivity contribution in [2.75, 3.05) is 39.3 Å². The van der Waals surface area contributed by atoms with Crippen molar-refractivity contribution in [3.8, 4) is 0 Å². The van der Waals surface area contributed by atoms with Crippen molar-refractivity contribution in [3.05, 3.63) is 69.3 Å². The van der Waals surface area contributed by atoms with Gasteiger partial charge in [-0.05, 0) is 54.7 Å². The first-order chi connectivity index (χ1) is 16.4. The molecule has 0 aromatic heterocycles. The molecule has 1 N–H and O–H groups in total. The van der Waals surface area contributed by atoms with Crippen molar-refractivity contribution < 1.29 is 24.2 Å². The number of β-amino-alcohol motifs (C(OH)–C–C–N with tert-alkyl or cyclic N) is 1. The summed E-state index contributed by atoms with van der Waals surface area (Å²) in [6, 6.07) is 9.75. The zero-order chi connectivity index (χ0) is 23.8. The van der Waals surface area contributed by atoms with E-state index in [2.05, 4.69) is 15.9 Å². The van der Waals surface area contributed by atoms with Crippen molar-refractivity contribution in [1.82, 2.24) is 9.80 Å². The molecule has 34 heavy (non-hydrogen) atoms. The molecular weight excluding hydrogens is 432 g/mol. The summed E-state index contributed by atoms with van der Waals surface area (Å²) in [6.45, 7) is 9.51. The zero-order valence-corrected chi connectivity index (χ0v) is 19.9. The number of esters is 2. The van der Waals surface area contributed by atoms with Crippen LogP contribution >= 0.6 is 0 Å². The van der Waals surface area contributed by atoms with E-state index in [0.29, 0.717) is 24.3 Å². The van der Waals surface area contributed by atoms with E-state index >= 15 is 0 Å². The third-order valence-corrected chi connectivity index (χ3v) is 7.38. The number of ether oxygens (including phenoxy) is 2. The number of carbonyl (C=O) groups is 2. The lowest BCUT2D eigenvalue weighted by atomic mass is 9.95. The standard InChI is InChI=1S/C27H32N2O5/c1-17-13-20-14-19(3-4-22(20)27(32)34-17)7-8-28-9-11-29(12-10-28)15-25(30)21-5-6-23-24(18(21)2)16-33-26(23)31/h3-6,14,17,25,30H,7-13,15-16H2,1-2H3/t17-,25?/m1/s1. The molecular formula is C27H32N2O5. The number of aliphatic hydroxyl groups excluding tert-OH is 1. The van der Waals surface area contributed by atoms with Gasteiger partial charge in [-0.2, -0.15) is 0 Å². The summed E-state index contributed by atoms with van der Waals surface area (Å²) in [4.78, 5) is 28.6. The molecule has 7 nitrogen and oxygen atoms in total. The Morgan fingerprint density at radius 2 is 1.76 bits per heavy atom. The highest BCUT2D eigenvalue weighted by molar-refractivity contribution is 5.94. The number of rotatable bonds is 6. The summed E-state index contributed by atoms with van der Waals surface area (Å²) in [5.41, 5.74) is 6.42. The van der Waals surface area contributed by atoms with Crippen molar-refractivity contribution in [1.29, 1.82) is 0 Å². The maximum atomic E-state index is 12.0. The number of hydrogen-bond acceptors (Lipinski definition) is 7. The van der Waals surface area contributed by atoms with E-state index in [1.165, 1.54) is 5.56 Å². The van der Waals surface area contributed by atoms with Crippen LogP contribution < -0.4 is 0 Å². The second kappa shape index (κ2) is 9.49. The minimum atomic E-state index is -0.586. The molecule has 0 spiro atoms. The molecule has 2 aromatic carbocycles. The summed E-state index contributed by atoms with van der Waals surface area (Å²) in [5.74, 6) is -0.488. The van der Waals surface area contributed by atoms with E-state index in [-0.39, 0.29) is 18.0 Å². The number of aliphatic hydroxyl groups is 1. The van der Waals surface area contributed by atoms with Gasteiger partial charge in [0.25, 0.3) is 0 Å². The highest BCUT2D eigenvalue weighted by Crippen LogP contribution is 2.29. The maximum absolute atomic E-state index is 12.0. The topological polar surface area (TPSA) is 79.3 Å². The minimum Gasteiger partial charge on any atom is -0.459 e. The van der Waals surface area contributed by atoms with Gasteiger partial charge in [-0.25, -0.2) is 9.59 Å². The number of hydrogen-bond donors (Lipinski definition) is 1. The Balaban J connectivity index is 1.12. The number of benzene rings is 2. The lowest BCUT2D eigenvalue weighted by molar-refractivity contribution is 0.0301. The van der Waals surface area contributed by atoms with E-state index in [9.17, 15) is 14.7 Å². The number of nitrogens with zero attached hydrogens (tertiary/aromatic N) is 2. The van der Waals surface area contributed by atoms with Crippen LogP contribution in [0.1, 0.15) is 61.6 Å². The van der Waals surface area contributed by atoms with Crippen LogP contribution in [0.3, 0.4) is 0 Å². The smallest absolute Gasteiger partial charge is 0.338 e. The van der Waals surface area contributed by atoms with Crippen molar-refractivity contribution in [2.24, 2.45) is 0 Å². The maximum Gasteiger partial charge on any atom is 0.338 e. The molecule has 0 amide bonds. The van der Waals surface area contributed by atoms with Crippen LogP contribution in [-0.2, 0) is 28.9 Å². The molecule has 0 radical (unpaired) electrons. The highest BCUT2D eigenvalue weighted by Gasteiger charge is 2.27. The van der Waals surface area contributed by atoms with Crippen molar-refractivity contribution in [3.63, 3.8) is 0 Å². The molecule has 3 aliphatic rings. The number of fused-ring (bicyclic) bond motifs is 2. The summed E-state index contributed by atoms with van der Waals surface area (Å²) < 4.78 is 10.5. The van der Waals surface area contributed by atoms with Gasteiger partial charge in [-0.15, -0.1) is 0 Å². The van der Waals surface area contributed by atoms with E-state index in [1.54, 1.807) is 6.07 Å². The Morgan fingerprint density at radius 1 is 1.03 bits per heavy atom. The first-order valence-electron chi connectivity index (χ1n) is 12.1. The Labute approximate surface area is 200 Å². The van der Waals surface area contributed by atoms with Crippen LogP contribution in [0.15, 0.2) is 30.3 Å². The predicted octanol–water partition coefficient (Wildman–Crippen LogP) is 2.66. The van der Waals surface area contributed by atoms with Crippen LogP contribution in [-0.4, -0.2) is 72.2 Å².